The fourth-order valence-corrected chi connectivity index (χ4v) is 2.82. The van der Waals surface area contributed by atoms with Crippen molar-refractivity contribution in [3.05, 3.63) is 0 Å². The van der Waals surface area contributed by atoms with E-state index in [0.29, 0.717) is 19.6 Å². The number of carboxylic acids is 1. The molecule has 1 amide bonds. The minimum Gasteiger partial charge on any atom is -0.481 e. The smallest absolute Gasteiger partial charge is 0.305 e. The Kier molecular flexibility index (Phi) is 5.96. The van der Waals surface area contributed by atoms with Crippen molar-refractivity contribution >= 4 is 11.9 Å². The lowest BCUT2D eigenvalue weighted by Crippen LogP contribution is -2.45. The molecule has 0 aromatic carbocycles. The average Bonchev–Trinajstić information content (AvgIpc) is 2.96. The summed E-state index contributed by atoms with van der Waals surface area (Å²) in [5.74, 6) is -0.801. The number of ether oxygens (including phenoxy) is 2. The lowest BCUT2D eigenvalue weighted by molar-refractivity contribution is -0.145. The van der Waals surface area contributed by atoms with Gasteiger partial charge in [-0.3, -0.25) is 9.59 Å². The summed E-state index contributed by atoms with van der Waals surface area (Å²) in [5, 5.41) is 8.57. The largest absolute Gasteiger partial charge is 0.481 e. The molecule has 3 N–H and O–H groups in total. The number of carbonyl (C=O) groups is 2. The van der Waals surface area contributed by atoms with Gasteiger partial charge in [0.2, 0.25) is 0 Å². The predicted octanol–water partition coefficient (Wildman–Crippen LogP) is -0.0250. The predicted molar refractivity (Wildman–Crippen MR) is 74.8 cm³/mol. The molecule has 0 radical (unpaired) electrons. The highest BCUT2D eigenvalue weighted by Crippen LogP contribution is 2.23. The molecule has 2 rings (SSSR count). The van der Waals surface area contributed by atoms with Gasteiger partial charge < -0.3 is 25.2 Å². The molecule has 7 nitrogen and oxygen atoms in total. The number of nitrogens with zero attached hydrogens (tertiary/aromatic N) is 1. The standard InChI is InChI=1S/C14H24N2O5/c15-9-11-1-2-12(21-11)14(19)16-6-3-10(4-7-16)20-8-5-13(17)18/h10-12H,1-9,15H2,(H,17,18). The molecule has 0 saturated carbocycles. The quantitative estimate of drug-likeness (QED) is 0.714. The molecule has 2 atom stereocenters. The molecule has 2 saturated heterocycles. The summed E-state index contributed by atoms with van der Waals surface area (Å²) >= 11 is 0. The van der Waals surface area contributed by atoms with E-state index in [1.807, 2.05) is 4.90 Å². The number of hydrogen-bond donors (Lipinski definition) is 2. The van der Waals surface area contributed by atoms with E-state index in [2.05, 4.69) is 0 Å². The van der Waals surface area contributed by atoms with Crippen molar-refractivity contribution in [1.29, 1.82) is 0 Å². The van der Waals surface area contributed by atoms with E-state index in [4.69, 9.17) is 20.3 Å². The van der Waals surface area contributed by atoms with Crippen LogP contribution in [0.15, 0.2) is 0 Å². The van der Waals surface area contributed by atoms with Gasteiger partial charge in [-0.15, -0.1) is 0 Å². The van der Waals surface area contributed by atoms with E-state index in [1.54, 1.807) is 0 Å². The van der Waals surface area contributed by atoms with Gasteiger partial charge in [0.05, 0.1) is 25.2 Å². The summed E-state index contributed by atoms with van der Waals surface area (Å²) < 4.78 is 11.1. The number of hydrogen-bond acceptors (Lipinski definition) is 5. The number of rotatable bonds is 6. The zero-order valence-corrected chi connectivity index (χ0v) is 12.2. The van der Waals surface area contributed by atoms with Crippen molar-refractivity contribution in [2.45, 2.75) is 50.4 Å². The van der Waals surface area contributed by atoms with Crippen LogP contribution in [0.4, 0.5) is 0 Å². The van der Waals surface area contributed by atoms with Crippen LogP contribution in [-0.4, -0.2) is 66.4 Å². The molecule has 2 fully saturated rings. The summed E-state index contributed by atoms with van der Waals surface area (Å²) in [4.78, 5) is 24.6. The molecule has 2 aliphatic rings. The van der Waals surface area contributed by atoms with Crippen molar-refractivity contribution in [1.82, 2.24) is 4.90 Å². The van der Waals surface area contributed by atoms with Crippen LogP contribution >= 0.6 is 0 Å². The zero-order valence-electron chi connectivity index (χ0n) is 12.2. The van der Waals surface area contributed by atoms with Gasteiger partial charge in [-0.1, -0.05) is 0 Å². The maximum absolute atomic E-state index is 12.3. The highest BCUT2D eigenvalue weighted by atomic mass is 16.5. The molecule has 21 heavy (non-hydrogen) atoms. The molecule has 0 spiro atoms. The van der Waals surface area contributed by atoms with E-state index in [1.165, 1.54) is 0 Å². The number of amides is 1. The third-order valence-electron chi connectivity index (χ3n) is 4.07. The second kappa shape index (κ2) is 7.72. The second-order valence-electron chi connectivity index (χ2n) is 5.60. The van der Waals surface area contributed by atoms with E-state index in [9.17, 15) is 9.59 Å². The highest BCUT2D eigenvalue weighted by molar-refractivity contribution is 5.81. The van der Waals surface area contributed by atoms with Crippen LogP contribution in [0.25, 0.3) is 0 Å². The Balaban J connectivity index is 1.68. The van der Waals surface area contributed by atoms with Crippen LogP contribution in [0.1, 0.15) is 32.1 Å². The third-order valence-corrected chi connectivity index (χ3v) is 4.07. The van der Waals surface area contributed by atoms with Crippen molar-refractivity contribution < 1.29 is 24.2 Å². The molecule has 2 aliphatic heterocycles. The van der Waals surface area contributed by atoms with Crippen molar-refractivity contribution in [2.24, 2.45) is 5.73 Å². The monoisotopic (exact) mass is 300 g/mol. The molecule has 2 heterocycles. The first-order chi connectivity index (χ1) is 10.1. The first kappa shape index (κ1) is 16.2. The Morgan fingerprint density at radius 1 is 1.24 bits per heavy atom. The van der Waals surface area contributed by atoms with Crippen molar-refractivity contribution in [2.75, 3.05) is 26.2 Å². The van der Waals surface area contributed by atoms with Gasteiger partial charge >= 0.3 is 5.97 Å². The fourth-order valence-electron chi connectivity index (χ4n) is 2.82. The van der Waals surface area contributed by atoms with Crippen LogP contribution in [0, 0.1) is 0 Å². The minimum atomic E-state index is -0.851. The number of likely N-dealkylation sites (tertiary alicyclic amines) is 1. The normalized spacial score (nSPS) is 27.0. The van der Waals surface area contributed by atoms with Gasteiger partial charge in [0, 0.05) is 19.6 Å². The Morgan fingerprint density at radius 3 is 2.52 bits per heavy atom. The fraction of sp³-hybridized carbons (Fsp3) is 0.857. The van der Waals surface area contributed by atoms with E-state index < -0.39 is 5.97 Å². The van der Waals surface area contributed by atoms with E-state index in [0.717, 1.165) is 25.7 Å². The second-order valence-corrected chi connectivity index (χ2v) is 5.60. The van der Waals surface area contributed by atoms with Gasteiger partial charge in [0.25, 0.3) is 5.91 Å². The average molecular weight is 300 g/mol. The van der Waals surface area contributed by atoms with E-state index >= 15 is 0 Å². The number of nitrogens with two attached hydrogens (primary N) is 1. The van der Waals surface area contributed by atoms with Crippen LogP contribution in [-0.2, 0) is 19.1 Å². The summed E-state index contributed by atoms with van der Waals surface area (Å²) in [6.07, 6.45) is 2.83. The first-order valence-electron chi connectivity index (χ1n) is 7.58. The Morgan fingerprint density at radius 2 is 1.95 bits per heavy atom. The van der Waals surface area contributed by atoms with Crippen molar-refractivity contribution in [3.8, 4) is 0 Å². The van der Waals surface area contributed by atoms with Crippen molar-refractivity contribution in [3.63, 3.8) is 0 Å². The molecule has 120 valence electrons. The van der Waals surface area contributed by atoms with Gasteiger partial charge in [-0.2, -0.15) is 0 Å². The number of aliphatic carboxylic acids is 1. The molecule has 0 aromatic rings. The minimum absolute atomic E-state index is 0.0100. The van der Waals surface area contributed by atoms with Gasteiger partial charge in [0.1, 0.15) is 6.10 Å². The zero-order chi connectivity index (χ0) is 15.2. The molecule has 7 heteroatoms. The molecular weight excluding hydrogens is 276 g/mol. The lowest BCUT2D eigenvalue weighted by atomic mass is 10.1. The Hall–Kier alpha value is -1.18. The number of carboxylic acid groups (broad SMARTS) is 1. The lowest BCUT2D eigenvalue weighted by Gasteiger charge is -2.33. The summed E-state index contributed by atoms with van der Waals surface area (Å²) in [6, 6.07) is 0. The number of piperidine rings is 1. The SMILES string of the molecule is NCC1CCC(C(=O)N2CCC(OCCC(=O)O)CC2)O1. The third kappa shape index (κ3) is 4.66. The molecule has 2 unspecified atom stereocenters. The van der Waals surface area contributed by atoms with Crippen LogP contribution in [0.3, 0.4) is 0 Å². The summed E-state index contributed by atoms with van der Waals surface area (Å²) in [5.41, 5.74) is 5.55. The highest BCUT2D eigenvalue weighted by Gasteiger charge is 2.34. The maximum Gasteiger partial charge on any atom is 0.305 e. The molecule has 0 bridgehead atoms. The summed E-state index contributed by atoms with van der Waals surface area (Å²) in [7, 11) is 0. The Labute approximate surface area is 124 Å². The van der Waals surface area contributed by atoms with Crippen LogP contribution in [0.5, 0.6) is 0 Å². The molecule has 0 aromatic heterocycles. The van der Waals surface area contributed by atoms with Gasteiger partial charge in [-0.05, 0) is 25.7 Å². The van der Waals surface area contributed by atoms with Crippen LogP contribution in [0.2, 0.25) is 0 Å². The first-order valence-corrected chi connectivity index (χ1v) is 7.58. The van der Waals surface area contributed by atoms with Gasteiger partial charge in [0.15, 0.2) is 0 Å². The maximum atomic E-state index is 12.3. The Bertz CT molecular complexity index is 368. The molecular formula is C14H24N2O5. The van der Waals surface area contributed by atoms with Crippen LogP contribution < -0.4 is 5.73 Å². The van der Waals surface area contributed by atoms with E-state index in [-0.39, 0.29) is 37.2 Å². The topological polar surface area (TPSA) is 102 Å². The number of carbonyl (C=O) groups excluding carboxylic acids is 1. The molecule has 0 aliphatic carbocycles. The summed E-state index contributed by atoms with van der Waals surface area (Å²) in [6.45, 7) is 1.98. The van der Waals surface area contributed by atoms with Gasteiger partial charge in [-0.25, -0.2) is 0 Å².